The summed E-state index contributed by atoms with van der Waals surface area (Å²) in [7, 11) is 3.65. The molecule has 2 N–H and O–H groups in total. The van der Waals surface area contributed by atoms with Crippen molar-refractivity contribution in [2.45, 2.75) is 6.04 Å². The van der Waals surface area contributed by atoms with Crippen LogP contribution in [0.3, 0.4) is 0 Å². The van der Waals surface area contributed by atoms with Crippen molar-refractivity contribution in [1.82, 2.24) is 30.3 Å². The third-order valence-corrected chi connectivity index (χ3v) is 1.99. The molecule has 0 spiro atoms. The summed E-state index contributed by atoms with van der Waals surface area (Å²) in [5.41, 5.74) is 0.852. The first kappa shape index (κ1) is 8.89. The second-order valence-corrected chi connectivity index (χ2v) is 2.95. The summed E-state index contributed by atoms with van der Waals surface area (Å²) in [6.45, 7) is 0. The van der Waals surface area contributed by atoms with Gasteiger partial charge < -0.3 is 10.3 Å². The van der Waals surface area contributed by atoms with Crippen LogP contribution in [-0.2, 0) is 7.05 Å². The molecule has 0 amide bonds. The minimum absolute atomic E-state index is 0.0290. The molecule has 6 nitrogen and oxygen atoms in total. The van der Waals surface area contributed by atoms with Crippen LogP contribution in [0.5, 0.6) is 0 Å². The largest absolute Gasteiger partial charge is 0.347 e. The standard InChI is InChI=1S/C8H12N6/c1-9-7(8-10-3-4-11-8)6-5-12-14(2)13-6/h3-5,7,9H,1-2H3,(H,10,11). The molecule has 2 rings (SSSR count). The molecule has 0 aliphatic rings. The number of H-pyrrole nitrogens is 1. The fourth-order valence-corrected chi connectivity index (χ4v) is 1.35. The lowest BCUT2D eigenvalue weighted by Crippen LogP contribution is -2.19. The maximum atomic E-state index is 4.22. The average molecular weight is 192 g/mol. The number of hydrogen-bond acceptors (Lipinski definition) is 4. The van der Waals surface area contributed by atoms with Gasteiger partial charge in [-0.1, -0.05) is 0 Å². The number of imidazole rings is 1. The van der Waals surface area contributed by atoms with E-state index in [4.69, 9.17) is 0 Å². The van der Waals surface area contributed by atoms with Crippen molar-refractivity contribution >= 4 is 0 Å². The Hall–Kier alpha value is -1.69. The summed E-state index contributed by atoms with van der Waals surface area (Å²) in [5.74, 6) is 0.841. The first-order chi connectivity index (χ1) is 6.81. The van der Waals surface area contributed by atoms with Gasteiger partial charge in [0.15, 0.2) is 0 Å². The SMILES string of the molecule is CNC(c1cnn(C)n1)c1ncc[nH]1. The average Bonchev–Trinajstić information content (AvgIpc) is 2.79. The van der Waals surface area contributed by atoms with Gasteiger partial charge in [0.1, 0.15) is 17.6 Å². The zero-order valence-corrected chi connectivity index (χ0v) is 8.10. The number of aryl methyl sites for hydroxylation is 1. The molecule has 0 bridgehead atoms. The molecule has 1 atom stereocenters. The fraction of sp³-hybridized carbons (Fsp3) is 0.375. The van der Waals surface area contributed by atoms with Crippen molar-refractivity contribution in [1.29, 1.82) is 0 Å². The lowest BCUT2D eigenvalue weighted by Gasteiger charge is -2.09. The van der Waals surface area contributed by atoms with Crippen LogP contribution in [0.1, 0.15) is 17.6 Å². The Morgan fingerprint density at radius 1 is 1.57 bits per heavy atom. The summed E-state index contributed by atoms with van der Waals surface area (Å²) in [5, 5.41) is 11.4. The predicted molar refractivity (Wildman–Crippen MR) is 50.5 cm³/mol. The molecule has 2 heterocycles. The Labute approximate surface area is 81.4 Å². The lowest BCUT2D eigenvalue weighted by molar-refractivity contribution is 0.598. The molecular formula is C8H12N6. The Morgan fingerprint density at radius 2 is 2.43 bits per heavy atom. The molecule has 74 valence electrons. The number of hydrogen-bond donors (Lipinski definition) is 2. The third-order valence-electron chi connectivity index (χ3n) is 1.99. The summed E-state index contributed by atoms with van der Waals surface area (Å²) in [6, 6.07) is -0.0290. The monoisotopic (exact) mass is 192 g/mol. The first-order valence-corrected chi connectivity index (χ1v) is 4.34. The van der Waals surface area contributed by atoms with Crippen LogP contribution in [0, 0.1) is 0 Å². The zero-order chi connectivity index (χ0) is 9.97. The summed E-state index contributed by atoms with van der Waals surface area (Å²) < 4.78 is 0. The minimum atomic E-state index is -0.0290. The second-order valence-electron chi connectivity index (χ2n) is 2.95. The molecule has 0 aromatic carbocycles. The summed E-state index contributed by atoms with van der Waals surface area (Å²) in [6.07, 6.45) is 5.23. The van der Waals surface area contributed by atoms with Gasteiger partial charge in [0.25, 0.3) is 0 Å². The molecule has 0 aliphatic heterocycles. The Morgan fingerprint density at radius 3 is 2.93 bits per heavy atom. The molecule has 0 aliphatic carbocycles. The van der Waals surface area contributed by atoms with E-state index < -0.39 is 0 Å². The van der Waals surface area contributed by atoms with E-state index in [1.807, 2.05) is 7.05 Å². The Balaban J connectivity index is 2.31. The number of nitrogens with one attached hydrogen (secondary N) is 2. The highest BCUT2D eigenvalue weighted by Gasteiger charge is 2.16. The topological polar surface area (TPSA) is 71.4 Å². The van der Waals surface area contributed by atoms with Gasteiger partial charge >= 0.3 is 0 Å². The van der Waals surface area contributed by atoms with Gasteiger partial charge in [0.05, 0.1) is 6.20 Å². The van der Waals surface area contributed by atoms with Crippen molar-refractivity contribution in [3.8, 4) is 0 Å². The molecule has 0 fully saturated rings. The van der Waals surface area contributed by atoms with Gasteiger partial charge in [-0.15, -0.1) is 0 Å². The molecule has 2 aromatic rings. The zero-order valence-electron chi connectivity index (χ0n) is 8.10. The van der Waals surface area contributed by atoms with Crippen LogP contribution in [-0.4, -0.2) is 32.0 Å². The highest BCUT2D eigenvalue weighted by molar-refractivity contribution is 5.12. The predicted octanol–water partition coefficient (Wildman–Crippen LogP) is -0.153. The van der Waals surface area contributed by atoms with Crippen molar-refractivity contribution in [2.24, 2.45) is 7.05 Å². The molecule has 2 aromatic heterocycles. The smallest absolute Gasteiger partial charge is 0.129 e. The number of rotatable bonds is 3. The second kappa shape index (κ2) is 3.59. The van der Waals surface area contributed by atoms with E-state index in [1.54, 1.807) is 25.6 Å². The van der Waals surface area contributed by atoms with Gasteiger partial charge in [-0.2, -0.15) is 15.0 Å². The van der Waals surface area contributed by atoms with Crippen molar-refractivity contribution in [2.75, 3.05) is 7.05 Å². The van der Waals surface area contributed by atoms with E-state index in [-0.39, 0.29) is 6.04 Å². The summed E-state index contributed by atoms with van der Waals surface area (Å²) >= 11 is 0. The molecule has 6 heteroatoms. The third kappa shape index (κ3) is 1.51. The molecule has 0 saturated carbocycles. The maximum Gasteiger partial charge on any atom is 0.129 e. The Bertz CT molecular complexity index is 390. The Kier molecular flexibility index (Phi) is 2.28. The van der Waals surface area contributed by atoms with Gasteiger partial charge in [0.2, 0.25) is 0 Å². The quantitative estimate of drug-likeness (QED) is 0.709. The van der Waals surface area contributed by atoms with Crippen LogP contribution >= 0.6 is 0 Å². The summed E-state index contributed by atoms with van der Waals surface area (Å²) in [4.78, 5) is 8.75. The van der Waals surface area contributed by atoms with Gasteiger partial charge in [-0.05, 0) is 7.05 Å². The van der Waals surface area contributed by atoms with Crippen LogP contribution in [0.25, 0.3) is 0 Å². The molecule has 0 radical (unpaired) electrons. The van der Waals surface area contributed by atoms with E-state index in [0.717, 1.165) is 11.5 Å². The number of nitrogens with zero attached hydrogens (tertiary/aromatic N) is 4. The van der Waals surface area contributed by atoms with E-state index in [9.17, 15) is 0 Å². The maximum absolute atomic E-state index is 4.22. The van der Waals surface area contributed by atoms with E-state index >= 15 is 0 Å². The van der Waals surface area contributed by atoms with Gasteiger partial charge in [-0.3, -0.25) is 0 Å². The minimum Gasteiger partial charge on any atom is -0.347 e. The lowest BCUT2D eigenvalue weighted by atomic mass is 10.2. The highest BCUT2D eigenvalue weighted by atomic mass is 15.5. The first-order valence-electron chi connectivity index (χ1n) is 4.34. The fourth-order valence-electron chi connectivity index (χ4n) is 1.35. The molecule has 1 unspecified atom stereocenters. The molecule has 0 saturated heterocycles. The van der Waals surface area contributed by atoms with Gasteiger partial charge in [-0.25, -0.2) is 4.98 Å². The van der Waals surface area contributed by atoms with Gasteiger partial charge in [0, 0.05) is 19.4 Å². The molecular weight excluding hydrogens is 180 g/mol. The number of aromatic nitrogens is 5. The highest BCUT2D eigenvalue weighted by Crippen LogP contribution is 2.14. The van der Waals surface area contributed by atoms with E-state index in [1.165, 1.54) is 4.80 Å². The van der Waals surface area contributed by atoms with Crippen LogP contribution < -0.4 is 5.32 Å². The van der Waals surface area contributed by atoms with E-state index in [2.05, 4.69) is 25.5 Å². The van der Waals surface area contributed by atoms with Crippen LogP contribution in [0.2, 0.25) is 0 Å². The van der Waals surface area contributed by atoms with Crippen LogP contribution in [0.15, 0.2) is 18.6 Å². The van der Waals surface area contributed by atoms with Crippen LogP contribution in [0.4, 0.5) is 0 Å². The van der Waals surface area contributed by atoms with Crippen molar-refractivity contribution in [3.63, 3.8) is 0 Å². The molecule has 14 heavy (non-hydrogen) atoms. The normalized spacial score (nSPS) is 13.0. The number of aromatic amines is 1. The van der Waals surface area contributed by atoms with Crippen molar-refractivity contribution in [3.05, 3.63) is 30.1 Å². The van der Waals surface area contributed by atoms with Crippen molar-refractivity contribution < 1.29 is 0 Å². The van der Waals surface area contributed by atoms with E-state index in [0.29, 0.717) is 0 Å².